The lowest BCUT2D eigenvalue weighted by Gasteiger charge is -2.22. The average Bonchev–Trinajstić information content (AvgIpc) is 2.53. The van der Waals surface area contributed by atoms with Crippen LogP contribution in [0.15, 0.2) is 23.3 Å². The van der Waals surface area contributed by atoms with E-state index in [0.29, 0.717) is 13.0 Å². The van der Waals surface area contributed by atoms with Crippen molar-refractivity contribution in [3.05, 3.63) is 23.3 Å². The van der Waals surface area contributed by atoms with Gasteiger partial charge in [-0.15, -0.1) is 6.42 Å². The molecule has 3 heteroatoms. The molecule has 1 aliphatic rings. The monoisotopic (exact) mass is 304 g/mol. The highest BCUT2D eigenvalue weighted by atomic mass is 16.7. The van der Waals surface area contributed by atoms with Gasteiger partial charge >= 0.3 is 0 Å². The summed E-state index contributed by atoms with van der Waals surface area (Å²) >= 11 is 0. The van der Waals surface area contributed by atoms with Gasteiger partial charge in [0, 0.05) is 13.0 Å². The molecule has 1 unspecified atom stereocenters. The second-order valence-electron chi connectivity index (χ2n) is 5.84. The summed E-state index contributed by atoms with van der Waals surface area (Å²) in [5.74, 6) is 2.03. The predicted octanol–water partition coefficient (Wildman–Crippen LogP) is 4.18. The minimum atomic E-state index is -0.120. The zero-order valence-corrected chi connectivity index (χ0v) is 13.9. The number of Topliss-reactive ketones (excluding diaryl/α,β-unsaturated/α-hetero) is 1. The molecule has 0 radical (unpaired) electrons. The van der Waals surface area contributed by atoms with Crippen molar-refractivity contribution in [2.45, 2.75) is 65.1 Å². The van der Waals surface area contributed by atoms with E-state index in [9.17, 15) is 4.79 Å². The zero-order chi connectivity index (χ0) is 16.2. The smallest absolute Gasteiger partial charge is 0.205 e. The third kappa shape index (κ3) is 8.81. The van der Waals surface area contributed by atoms with Crippen LogP contribution in [0.5, 0.6) is 0 Å². The molecule has 1 heterocycles. The van der Waals surface area contributed by atoms with Crippen molar-refractivity contribution in [2.24, 2.45) is 0 Å². The summed E-state index contributed by atoms with van der Waals surface area (Å²) in [6, 6.07) is 0. The summed E-state index contributed by atoms with van der Waals surface area (Å²) in [7, 11) is 0. The largest absolute Gasteiger partial charge is 0.353 e. The molecule has 0 aromatic heterocycles. The number of ketones is 1. The first-order chi connectivity index (χ1) is 10.6. The fourth-order valence-corrected chi connectivity index (χ4v) is 2.27. The molecule has 122 valence electrons. The fraction of sp³-hybridized carbons (Fsp3) is 0.632. The average molecular weight is 304 g/mol. The molecular weight excluding hydrogens is 276 g/mol. The number of terminal acetylenes is 1. The van der Waals surface area contributed by atoms with E-state index in [2.05, 4.69) is 25.0 Å². The number of allylic oxidation sites excluding steroid dienone is 3. The van der Waals surface area contributed by atoms with E-state index < -0.39 is 0 Å². The first-order valence-corrected chi connectivity index (χ1v) is 8.15. The van der Waals surface area contributed by atoms with Gasteiger partial charge in [-0.05, 0) is 58.3 Å². The highest BCUT2D eigenvalue weighted by Crippen LogP contribution is 2.14. The molecule has 1 saturated heterocycles. The first-order valence-electron chi connectivity index (χ1n) is 8.15. The summed E-state index contributed by atoms with van der Waals surface area (Å²) in [6.07, 6.45) is 15.9. The SMILES string of the molecule is C#CC(=O)CC/C(C)=C/CC/C(C)=C/COC1CCCCO1. The van der Waals surface area contributed by atoms with E-state index in [1.807, 2.05) is 6.92 Å². The van der Waals surface area contributed by atoms with Crippen LogP contribution in [0, 0.1) is 12.3 Å². The van der Waals surface area contributed by atoms with Crippen LogP contribution >= 0.6 is 0 Å². The Labute approximate surface area is 134 Å². The lowest BCUT2D eigenvalue weighted by molar-refractivity contribution is -0.155. The standard InChI is InChI=1S/C19H28O3/c1-4-18(20)12-11-16(2)8-7-9-17(3)13-15-22-19-10-5-6-14-21-19/h1,8,13,19H,5-7,9-12,14-15H2,2-3H3/b16-8+,17-13+. The summed E-state index contributed by atoms with van der Waals surface area (Å²) in [5, 5.41) is 0. The van der Waals surface area contributed by atoms with Crippen molar-refractivity contribution in [2.75, 3.05) is 13.2 Å². The van der Waals surface area contributed by atoms with Gasteiger partial charge in [0.2, 0.25) is 5.78 Å². The minimum Gasteiger partial charge on any atom is -0.353 e. The van der Waals surface area contributed by atoms with Crippen molar-refractivity contribution < 1.29 is 14.3 Å². The van der Waals surface area contributed by atoms with Crippen LogP contribution in [0.1, 0.15) is 58.8 Å². The van der Waals surface area contributed by atoms with Gasteiger partial charge in [-0.2, -0.15) is 0 Å². The molecule has 0 saturated carbocycles. The predicted molar refractivity (Wildman–Crippen MR) is 89.4 cm³/mol. The molecule has 3 nitrogen and oxygen atoms in total. The normalized spacial score (nSPS) is 19.8. The van der Waals surface area contributed by atoms with Crippen molar-refractivity contribution in [1.29, 1.82) is 0 Å². The van der Waals surface area contributed by atoms with E-state index in [0.717, 1.165) is 38.7 Å². The molecule has 0 spiro atoms. The molecule has 0 N–H and O–H groups in total. The Balaban J connectivity index is 2.15. The number of hydrogen-bond acceptors (Lipinski definition) is 3. The summed E-state index contributed by atoms with van der Waals surface area (Å²) in [5.41, 5.74) is 2.54. The van der Waals surface area contributed by atoms with Crippen LogP contribution in [-0.2, 0) is 14.3 Å². The second kappa shape index (κ2) is 11.2. The van der Waals surface area contributed by atoms with E-state index in [1.165, 1.54) is 17.6 Å². The van der Waals surface area contributed by atoms with Crippen LogP contribution in [0.2, 0.25) is 0 Å². The first kappa shape index (κ1) is 18.7. The van der Waals surface area contributed by atoms with Crippen LogP contribution in [-0.4, -0.2) is 25.3 Å². The summed E-state index contributed by atoms with van der Waals surface area (Å²) in [4.78, 5) is 11.1. The Hall–Kier alpha value is -1.37. The van der Waals surface area contributed by atoms with Gasteiger partial charge in [0.1, 0.15) is 0 Å². The number of carbonyl (C=O) groups is 1. The zero-order valence-electron chi connectivity index (χ0n) is 13.9. The number of ether oxygens (including phenoxy) is 2. The van der Waals surface area contributed by atoms with Gasteiger partial charge in [0.15, 0.2) is 6.29 Å². The third-order valence-electron chi connectivity index (χ3n) is 3.79. The number of hydrogen-bond donors (Lipinski definition) is 0. The molecule has 22 heavy (non-hydrogen) atoms. The highest BCUT2D eigenvalue weighted by Gasteiger charge is 2.12. The van der Waals surface area contributed by atoms with E-state index >= 15 is 0 Å². The molecule has 0 aromatic carbocycles. The molecule has 1 rings (SSSR count). The molecular formula is C19H28O3. The van der Waals surface area contributed by atoms with E-state index in [-0.39, 0.29) is 12.1 Å². The maximum atomic E-state index is 11.1. The van der Waals surface area contributed by atoms with Crippen molar-refractivity contribution in [1.82, 2.24) is 0 Å². The Morgan fingerprint density at radius 3 is 2.68 bits per heavy atom. The molecule has 1 aliphatic heterocycles. The van der Waals surface area contributed by atoms with Crippen molar-refractivity contribution >= 4 is 5.78 Å². The van der Waals surface area contributed by atoms with E-state index in [4.69, 9.17) is 15.9 Å². The van der Waals surface area contributed by atoms with Gasteiger partial charge in [0.25, 0.3) is 0 Å². The van der Waals surface area contributed by atoms with Gasteiger partial charge < -0.3 is 9.47 Å². The van der Waals surface area contributed by atoms with Crippen LogP contribution in [0.4, 0.5) is 0 Å². The Kier molecular flexibility index (Phi) is 9.54. The summed E-state index contributed by atoms with van der Waals surface area (Å²) < 4.78 is 11.2. The number of rotatable bonds is 9. The Morgan fingerprint density at radius 2 is 2.00 bits per heavy atom. The van der Waals surface area contributed by atoms with Gasteiger partial charge in [-0.3, -0.25) is 4.79 Å². The molecule has 0 aliphatic carbocycles. The van der Waals surface area contributed by atoms with Crippen LogP contribution in [0.25, 0.3) is 0 Å². The Morgan fingerprint density at radius 1 is 1.23 bits per heavy atom. The van der Waals surface area contributed by atoms with Gasteiger partial charge in [-0.25, -0.2) is 0 Å². The lowest BCUT2D eigenvalue weighted by Crippen LogP contribution is -2.22. The Bertz CT molecular complexity index is 434. The number of carbonyl (C=O) groups excluding carboxylic acids is 1. The molecule has 1 fully saturated rings. The topological polar surface area (TPSA) is 35.5 Å². The second-order valence-corrected chi connectivity index (χ2v) is 5.84. The summed E-state index contributed by atoms with van der Waals surface area (Å²) in [6.45, 7) is 5.61. The quantitative estimate of drug-likeness (QED) is 0.364. The molecule has 0 aromatic rings. The molecule has 0 amide bonds. The van der Waals surface area contributed by atoms with Crippen LogP contribution < -0.4 is 0 Å². The van der Waals surface area contributed by atoms with Crippen molar-refractivity contribution in [3.63, 3.8) is 0 Å². The van der Waals surface area contributed by atoms with Crippen LogP contribution in [0.3, 0.4) is 0 Å². The fourth-order valence-electron chi connectivity index (χ4n) is 2.27. The van der Waals surface area contributed by atoms with Gasteiger partial charge in [-0.1, -0.05) is 23.3 Å². The maximum absolute atomic E-state index is 11.1. The molecule has 1 atom stereocenters. The molecule has 0 bridgehead atoms. The third-order valence-corrected chi connectivity index (χ3v) is 3.79. The van der Waals surface area contributed by atoms with Gasteiger partial charge in [0.05, 0.1) is 6.61 Å². The maximum Gasteiger partial charge on any atom is 0.205 e. The minimum absolute atomic E-state index is 0.0198. The lowest BCUT2D eigenvalue weighted by atomic mass is 10.1. The van der Waals surface area contributed by atoms with Crippen molar-refractivity contribution in [3.8, 4) is 12.3 Å². The van der Waals surface area contributed by atoms with E-state index in [1.54, 1.807) is 0 Å². The highest BCUT2D eigenvalue weighted by molar-refractivity contribution is 5.94.